The Morgan fingerprint density at radius 2 is 1.73 bits per heavy atom. The molecule has 0 saturated carbocycles. The van der Waals surface area contributed by atoms with Crippen molar-refractivity contribution in [3.63, 3.8) is 0 Å². The monoisotopic (exact) mass is 550 g/mol. The van der Waals surface area contributed by atoms with Crippen LogP contribution in [0.3, 0.4) is 0 Å². The van der Waals surface area contributed by atoms with E-state index in [9.17, 15) is 18.0 Å². The Kier molecular flexibility index (Phi) is 6.59. The van der Waals surface area contributed by atoms with Crippen molar-refractivity contribution in [1.82, 2.24) is 20.2 Å². The SMILES string of the molecule is O=C1Nc2ccccc2C(c2ccccc2)=N[C@@H]1Nc1nnc(-c2cnc(C(F)(F)F)nc2N2CCOCC2)o1. The molecule has 0 spiro atoms. The van der Waals surface area contributed by atoms with E-state index in [4.69, 9.17) is 9.15 Å². The Labute approximate surface area is 225 Å². The first-order valence-electron chi connectivity index (χ1n) is 12.3. The Morgan fingerprint density at radius 3 is 2.50 bits per heavy atom. The number of aliphatic imine (C=N–C) groups is 1. The molecule has 6 rings (SSSR count). The van der Waals surface area contributed by atoms with Gasteiger partial charge in [0, 0.05) is 30.4 Å². The highest BCUT2D eigenvalue weighted by Gasteiger charge is 2.37. The van der Waals surface area contributed by atoms with Gasteiger partial charge in [-0.05, 0) is 6.07 Å². The molecular weight excluding hydrogens is 529 g/mol. The predicted molar refractivity (Wildman–Crippen MR) is 138 cm³/mol. The van der Waals surface area contributed by atoms with Gasteiger partial charge in [0.05, 0.1) is 30.2 Å². The molecule has 1 atom stereocenters. The average Bonchev–Trinajstić information content (AvgIpc) is 3.38. The van der Waals surface area contributed by atoms with Gasteiger partial charge in [-0.3, -0.25) is 4.79 Å². The van der Waals surface area contributed by atoms with Crippen LogP contribution in [0.25, 0.3) is 11.5 Å². The number of hydrogen-bond donors (Lipinski definition) is 2. The molecule has 1 saturated heterocycles. The van der Waals surface area contributed by atoms with Gasteiger partial charge < -0.3 is 24.7 Å². The molecule has 0 aliphatic carbocycles. The molecule has 2 aliphatic rings. The molecule has 1 amide bonds. The predicted octanol–water partition coefficient (Wildman–Crippen LogP) is 3.61. The minimum absolute atomic E-state index is 0.00660. The normalized spacial score (nSPS) is 17.5. The summed E-state index contributed by atoms with van der Waals surface area (Å²) in [7, 11) is 0. The fraction of sp³-hybridized carbons (Fsp3) is 0.231. The van der Waals surface area contributed by atoms with Crippen molar-refractivity contribution in [3.05, 3.63) is 77.7 Å². The van der Waals surface area contributed by atoms with Crippen LogP contribution >= 0.6 is 0 Å². The van der Waals surface area contributed by atoms with Crippen LogP contribution < -0.4 is 15.5 Å². The lowest BCUT2D eigenvalue weighted by Crippen LogP contribution is -2.37. The molecule has 2 aromatic heterocycles. The molecule has 0 unspecified atom stereocenters. The van der Waals surface area contributed by atoms with Crippen molar-refractivity contribution in [3.8, 4) is 11.5 Å². The minimum Gasteiger partial charge on any atom is -0.403 e. The van der Waals surface area contributed by atoms with E-state index in [-0.39, 0.29) is 23.3 Å². The lowest BCUT2D eigenvalue weighted by Gasteiger charge is -2.29. The summed E-state index contributed by atoms with van der Waals surface area (Å²) in [4.78, 5) is 26.6. The molecule has 0 bridgehead atoms. The summed E-state index contributed by atoms with van der Waals surface area (Å²) in [5, 5.41) is 13.6. The van der Waals surface area contributed by atoms with E-state index in [1.54, 1.807) is 17.0 Å². The molecule has 4 heterocycles. The Balaban J connectivity index is 1.34. The van der Waals surface area contributed by atoms with Gasteiger partial charge in [-0.2, -0.15) is 13.2 Å². The third-order valence-electron chi connectivity index (χ3n) is 6.24. The first kappa shape index (κ1) is 25.4. The maximum atomic E-state index is 13.4. The second kappa shape index (κ2) is 10.4. The van der Waals surface area contributed by atoms with Crippen LogP contribution in [-0.2, 0) is 15.7 Å². The third kappa shape index (κ3) is 5.08. The summed E-state index contributed by atoms with van der Waals surface area (Å²) < 4.78 is 51.2. The van der Waals surface area contributed by atoms with Crippen LogP contribution in [0.4, 0.5) is 30.7 Å². The van der Waals surface area contributed by atoms with Crippen LogP contribution in [0.1, 0.15) is 17.0 Å². The number of carbonyl (C=O) groups is 1. The van der Waals surface area contributed by atoms with E-state index in [1.807, 2.05) is 42.5 Å². The van der Waals surface area contributed by atoms with E-state index in [0.29, 0.717) is 37.7 Å². The number of halogens is 3. The molecule has 40 heavy (non-hydrogen) atoms. The van der Waals surface area contributed by atoms with Gasteiger partial charge in [0.2, 0.25) is 12.0 Å². The number of rotatable bonds is 5. The summed E-state index contributed by atoms with van der Waals surface area (Å²) in [5.41, 5.74) is 2.79. The number of aromatic nitrogens is 4. The number of amides is 1. The Hall–Kier alpha value is -4.85. The summed E-state index contributed by atoms with van der Waals surface area (Å²) in [5.74, 6) is -1.88. The number of benzodiazepines with no additional fused rings is 1. The molecular formula is C26H21F3N8O3. The van der Waals surface area contributed by atoms with Crippen molar-refractivity contribution in [2.75, 3.05) is 41.8 Å². The zero-order valence-electron chi connectivity index (χ0n) is 20.7. The number of nitrogens with one attached hydrogen (secondary N) is 2. The van der Waals surface area contributed by atoms with Crippen LogP contribution in [0.15, 0.2) is 70.2 Å². The second-order valence-corrected chi connectivity index (χ2v) is 8.87. The fourth-order valence-corrected chi connectivity index (χ4v) is 4.36. The first-order chi connectivity index (χ1) is 19.4. The van der Waals surface area contributed by atoms with Crippen molar-refractivity contribution in [2.45, 2.75) is 12.3 Å². The zero-order valence-corrected chi connectivity index (χ0v) is 20.7. The molecule has 11 nitrogen and oxygen atoms in total. The van der Waals surface area contributed by atoms with Gasteiger partial charge in [0.15, 0.2) is 0 Å². The van der Waals surface area contributed by atoms with Crippen molar-refractivity contribution in [1.29, 1.82) is 0 Å². The molecule has 1 fully saturated rings. The van der Waals surface area contributed by atoms with Crippen LogP contribution in [0.5, 0.6) is 0 Å². The highest BCUT2D eigenvalue weighted by atomic mass is 19.4. The number of morpholine rings is 1. The lowest BCUT2D eigenvalue weighted by molar-refractivity contribution is -0.144. The quantitative estimate of drug-likeness (QED) is 0.383. The summed E-state index contributed by atoms with van der Waals surface area (Å²) in [6.07, 6.45) is -4.89. The standard InChI is InChI=1S/C26H21F3N8O3/c27-26(28,29)24-30-14-17(21(34-24)37-10-12-39-13-11-37)23-35-36-25(40-23)33-20-22(38)31-18-9-5-4-8-16(18)19(32-20)15-6-2-1-3-7-15/h1-9,14,20H,10-13H2,(H,31,38)(H,33,36)/t20-/m1/s1. The van der Waals surface area contributed by atoms with E-state index in [0.717, 1.165) is 17.3 Å². The summed E-state index contributed by atoms with van der Waals surface area (Å²) in [6.45, 7) is 1.28. The smallest absolute Gasteiger partial charge is 0.403 e. The van der Waals surface area contributed by atoms with Gasteiger partial charge in [0.25, 0.3) is 11.8 Å². The molecule has 2 N–H and O–H groups in total. The Bertz CT molecular complexity index is 1570. The minimum atomic E-state index is -4.74. The van der Waals surface area contributed by atoms with Gasteiger partial charge >= 0.3 is 12.2 Å². The van der Waals surface area contributed by atoms with E-state index < -0.39 is 24.1 Å². The number of para-hydroxylation sites is 1. The molecule has 204 valence electrons. The van der Waals surface area contributed by atoms with Crippen molar-refractivity contribution >= 4 is 29.1 Å². The number of hydrogen-bond acceptors (Lipinski definition) is 10. The molecule has 2 aromatic carbocycles. The highest BCUT2D eigenvalue weighted by molar-refractivity contribution is 6.19. The van der Waals surface area contributed by atoms with Gasteiger partial charge in [-0.1, -0.05) is 53.6 Å². The highest BCUT2D eigenvalue weighted by Crippen LogP contribution is 2.34. The molecule has 4 aromatic rings. The number of nitrogens with zero attached hydrogens (tertiary/aromatic N) is 6. The average molecular weight is 551 g/mol. The van der Waals surface area contributed by atoms with E-state index >= 15 is 0 Å². The van der Waals surface area contributed by atoms with Crippen LogP contribution in [0, 0.1) is 0 Å². The van der Waals surface area contributed by atoms with E-state index in [2.05, 4.69) is 35.8 Å². The zero-order chi connectivity index (χ0) is 27.7. The maximum absolute atomic E-state index is 13.4. The molecule has 0 radical (unpaired) electrons. The topological polar surface area (TPSA) is 131 Å². The fourth-order valence-electron chi connectivity index (χ4n) is 4.36. The largest absolute Gasteiger partial charge is 0.451 e. The number of benzene rings is 2. The van der Waals surface area contributed by atoms with Crippen molar-refractivity contribution in [2.24, 2.45) is 4.99 Å². The third-order valence-corrected chi connectivity index (χ3v) is 6.24. The summed E-state index contributed by atoms with van der Waals surface area (Å²) >= 11 is 0. The number of carbonyl (C=O) groups excluding carboxylic acids is 1. The lowest BCUT2D eigenvalue weighted by atomic mass is 10.0. The van der Waals surface area contributed by atoms with Gasteiger partial charge in [-0.25, -0.2) is 15.0 Å². The van der Waals surface area contributed by atoms with E-state index in [1.165, 1.54) is 0 Å². The van der Waals surface area contributed by atoms with Gasteiger partial charge in [0.1, 0.15) is 5.82 Å². The van der Waals surface area contributed by atoms with Crippen LogP contribution in [-0.4, -0.2) is 64.3 Å². The molecule has 14 heteroatoms. The maximum Gasteiger partial charge on any atom is 0.451 e. The molecule has 2 aliphatic heterocycles. The second-order valence-electron chi connectivity index (χ2n) is 8.87. The van der Waals surface area contributed by atoms with Gasteiger partial charge in [-0.15, -0.1) is 5.10 Å². The number of anilines is 3. The Morgan fingerprint density at radius 1 is 0.975 bits per heavy atom. The van der Waals surface area contributed by atoms with Crippen molar-refractivity contribution < 1.29 is 27.1 Å². The number of fused-ring (bicyclic) bond motifs is 1. The number of alkyl halides is 3. The van der Waals surface area contributed by atoms with Crippen LogP contribution in [0.2, 0.25) is 0 Å². The summed E-state index contributed by atoms with van der Waals surface area (Å²) in [6, 6.07) is 16.5. The number of ether oxygens (including phenoxy) is 1. The first-order valence-corrected chi connectivity index (χ1v) is 12.3.